The fraction of sp³-hybridized carbons (Fsp3) is 0.190. The van der Waals surface area contributed by atoms with Crippen molar-refractivity contribution in [1.29, 1.82) is 0 Å². The second kappa shape index (κ2) is 8.50. The minimum absolute atomic E-state index is 0.159. The summed E-state index contributed by atoms with van der Waals surface area (Å²) < 4.78 is 6.90. The number of aryl methyl sites for hydroxylation is 1. The van der Waals surface area contributed by atoms with E-state index in [1.165, 1.54) is 11.8 Å². The van der Waals surface area contributed by atoms with Gasteiger partial charge >= 0.3 is 5.97 Å². The van der Waals surface area contributed by atoms with Gasteiger partial charge < -0.3 is 10.1 Å². The highest BCUT2D eigenvalue weighted by molar-refractivity contribution is 8.00. The van der Waals surface area contributed by atoms with Crippen molar-refractivity contribution < 1.29 is 14.3 Å². The maximum absolute atomic E-state index is 12.4. The van der Waals surface area contributed by atoms with Gasteiger partial charge in [0.05, 0.1) is 29.0 Å². The van der Waals surface area contributed by atoms with Gasteiger partial charge in [0.15, 0.2) is 5.65 Å². The Labute approximate surface area is 176 Å². The first-order valence-corrected chi connectivity index (χ1v) is 10.4. The molecule has 0 aliphatic rings. The molecule has 2 aromatic heterocycles. The average molecular weight is 421 g/mol. The summed E-state index contributed by atoms with van der Waals surface area (Å²) in [5.74, 6) is 0.345. The largest absolute Gasteiger partial charge is 0.462 e. The Balaban J connectivity index is 1.47. The Hall–Kier alpha value is -3.46. The topological polar surface area (TPSA) is 98.5 Å². The van der Waals surface area contributed by atoms with Gasteiger partial charge in [-0.05, 0) is 50.2 Å². The zero-order valence-corrected chi connectivity index (χ0v) is 17.3. The zero-order valence-electron chi connectivity index (χ0n) is 16.5. The van der Waals surface area contributed by atoms with Crippen molar-refractivity contribution in [2.45, 2.75) is 18.9 Å². The van der Waals surface area contributed by atoms with Gasteiger partial charge in [-0.3, -0.25) is 9.20 Å². The smallest absolute Gasteiger partial charge is 0.338 e. The van der Waals surface area contributed by atoms with Gasteiger partial charge in [-0.2, -0.15) is 0 Å². The SMILES string of the molecule is CCOC(=O)c1ccc(NC(=O)CSc2nc3ccccc3n3c(C)nnc23)cc1. The van der Waals surface area contributed by atoms with Crippen molar-refractivity contribution in [3.63, 3.8) is 0 Å². The first-order valence-electron chi connectivity index (χ1n) is 9.37. The molecule has 0 unspecified atom stereocenters. The number of nitrogens with zero attached hydrogens (tertiary/aromatic N) is 4. The molecule has 0 saturated heterocycles. The van der Waals surface area contributed by atoms with E-state index < -0.39 is 0 Å². The molecule has 8 nitrogen and oxygen atoms in total. The average Bonchev–Trinajstić information content (AvgIpc) is 3.15. The van der Waals surface area contributed by atoms with Gasteiger partial charge in [0, 0.05) is 5.69 Å². The molecule has 4 rings (SSSR count). The van der Waals surface area contributed by atoms with Gasteiger partial charge in [0.1, 0.15) is 10.9 Å². The Morgan fingerprint density at radius 3 is 2.63 bits per heavy atom. The number of fused-ring (bicyclic) bond motifs is 3. The molecule has 2 heterocycles. The summed E-state index contributed by atoms with van der Waals surface area (Å²) in [6, 6.07) is 14.3. The third-order valence-corrected chi connectivity index (χ3v) is 5.33. The standard InChI is InChI=1S/C21H19N5O3S/c1-3-29-21(28)14-8-10-15(11-9-14)22-18(27)12-30-20-19-25-24-13(2)26(19)17-7-5-4-6-16(17)23-20/h4-11H,3,12H2,1-2H3,(H,22,27). The number of ether oxygens (including phenoxy) is 1. The van der Waals surface area contributed by atoms with E-state index >= 15 is 0 Å². The number of benzene rings is 2. The zero-order chi connectivity index (χ0) is 21.1. The molecule has 0 spiro atoms. The molecule has 0 atom stereocenters. The number of aromatic nitrogens is 4. The molecular weight excluding hydrogens is 402 g/mol. The lowest BCUT2D eigenvalue weighted by atomic mass is 10.2. The number of rotatable bonds is 6. The predicted molar refractivity (Wildman–Crippen MR) is 115 cm³/mol. The summed E-state index contributed by atoms with van der Waals surface area (Å²) in [6.45, 7) is 3.95. The van der Waals surface area contributed by atoms with Crippen LogP contribution in [0.4, 0.5) is 5.69 Å². The van der Waals surface area contributed by atoms with Crippen LogP contribution in [0.1, 0.15) is 23.1 Å². The molecule has 0 aliphatic carbocycles. The maximum Gasteiger partial charge on any atom is 0.338 e. The summed E-state index contributed by atoms with van der Waals surface area (Å²) >= 11 is 1.30. The molecule has 1 N–H and O–H groups in total. The second-order valence-corrected chi connectivity index (χ2v) is 7.41. The number of carbonyl (C=O) groups excluding carboxylic acids is 2. The lowest BCUT2D eigenvalue weighted by Gasteiger charge is -2.08. The van der Waals surface area contributed by atoms with Crippen LogP contribution in [-0.2, 0) is 9.53 Å². The van der Waals surface area contributed by atoms with Gasteiger partial charge in [-0.15, -0.1) is 10.2 Å². The fourth-order valence-electron chi connectivity index (χ4n) is 3.03. The van der Waals surface area contributed by atoms with E-state index in [1.807, 2.05) is 35.6 Å². The number of carbonyl (C=O) groups is 2. The first kappa shape index (κ1) is 19.8. The van der Waals surface area contributed by atoms with Crippen molar-refractivity contribution in [1.82, 2.24) is 19.6 Å². The summed E-state index contributed by atoms with van der Waals surface area (Å²) in [7, 11) is 0. The van der Waals surface area contributed by atoms with Crippen LogP contribution < -0.4 is 5.32 Å². The third kappa shape index (κ3) is 3.97. The predicted octanol–water partition coefficient (Wildman–Crippen LogP) is 3.49. The number of hydrogen-bond acceptors (Lipinski definition) is 7. The van der Waals surface area contributed by atoms with Crippen molar-refractivity contribution in [2.24, 2.45) is 0 Å². The number of thioether (sulfide) groups is 1. The van der Waals surface area contributed by atoms with Crippen LogP contribution in [0, 0.1) is 6.92 Å². The Kier molecular flexibility index (Phi) is 5.62. The van der Waals surface area contributed by atoms with Crippen molar-refractivity contribution in [3.8, 4) is 0 Å². The molecule has 2 aromatic carbocycles. The molecular formula is C21H19N5O3S. The molecule has 0 bridgehead atoms. The molecule has 0 saturated carbocycles. The van der Waals surface area contributed by atoms with E-state index in [-0.39, 0.29) is 17.6 Å². The number of nitrogens with one attached hydrogen (secondary N) is 1. The van der Waals surface area contributed by atoms with Crippen LogP contribution in [0.2, 0.25) is 0 Å². The Morgan fingerprint density at radius 2 is 1.87 bits per heavy atom. The van der Waals surface area contributed by atoms with Crippen LogP contribution in [0.3, 0.4) is 0 Å². The summed E-state index contributed by atoms with van der Waals surface area (Å²) in [6.07, 6.45) is 0. The van der Waals surface area contributed by atoms with Crippen LogP contribution >= 0.6 is 11.8 Å². The van der Waals surface area contributed by atoms with E-state index in [0.717, 1.165) is 16.9 Å². The minimum atomic E-state index is -0.388. The lowest BCUT2D eigenvalue weighted by molar-refractivity contribution is -0.113. The monoisotopic (exact) mass is 421 g/mol. The normalized spacial score (nSPS) is 11.0. The van der Waals surface area contributed by atoms with Gasteiger partial charge in [0.2, 0.25) is 5.91 Å². The highest BCUT2D eigenvalue weighted by Gasteiger charge is 2.15. The van der Waals surface area contributed by atoms with Gasteiger partial charge in [0.25, 0.3) is 0 Å². The lowest BCUT2D eigenvalue weighted by Crippen LogP contribution is -2.14. The molecule has 4 aromatic rings. The Bertz CT molecular complexity index is 1240. The van der Waals surface area contributed by atoms with E-state index in [1.54, 1.807) is 31.2 Å². The quantitative estimate of drug-likeness (QED) is 0.376. The first-order chi connectivity index (χ1) is 14.6. The van der Waals surface area contributed by atoms with Crippen LogP contribution in [0.25, 0.3) is 16.7 Å². The minimum Gasteiger partial charge on any atom is -0.462 e. The van der Waals surface area contributed by atoms with Gasteiger partial charge in [-0.1, -0.05) is 23.9 Å². The molecule has 1 amide bonds. The third-order valence-electron chi connectivity index (χ3n) is 4.38. The second-order valence-electron chi connectivity index (χ2n) is 6.45. The number of esters is 1. The van der Waals surface area contributed by atoms with Crippen molar-refractivity contribution >= 4 is 46.0 Å². The maximum atomic E-state index is 12.4. The van der Waals surface area contributed by atoms with E-state index in [9.17, 15) is 9.59 Å². The summed E-state index contributed by atoms with van der Waals surface area (Å²) in [5, 5.41) is 11.8. The van der Waals surface area contributed by atoms with Crippen LogP contribution in [0.15, 0.2) is 53.6 Å². The van der Waals surface area contributed by atoms with Gasteiger partial charge in [-0.25, -0.2) is 9.78 Å². The Morgan fingerprint density at radius 1 is 1.10 bits per heavy atom. The highest BCUT2D eigenvalue weighted by Crippen LogP contribution is 2.25. The molecule has 152 valence electrons. The van der Waals surface area contributed by atoms with Crippen LogP contribution in [0.5, 0.6) is 0 Å². The number of anilines is 1. The highest BCUT2D eigenvalue weighted by atomic mass is 32.2. The molecule has 0 fully saturated rings. The van der Waals surface area contributed by atoms with Crippen molar-refractivity contribution in [2.75, 3.05) is 17.7 Å². The van der Waals surface area contributed by atoms with E-state index in [4.69, 9.17) is 4.74 Å². The summed E-state index contributed by atoms with van der Waals surface area (Å²) in [5.41, 5.74) is 3.40. The molecule has 9 heteroatoms. The summed E-state index contributed by atoms with van der Waals surface area (Å²) in [4.78, 5) is 28.8. The molecule has 0 aliphatic heterocycles. The van der Waals surface area contributed by atoms with E-state index in [0.29, 0.717) is 28.5 Å². The fourth-order valence-corrected chi connectivity index (χ4v) is 3.79. The van der Waals surface area contributed by atoms with Crippen LogP contribution in [-0.4, -0.2) is 43.8 Å². The van der Waals surface area contributed by atoms with E-state index in [2.05, 4.69) is 20.5 Å². The number of para-hydroxylation sites is 2. The number of hydrogen-bond donors (Lipinski definition) is 1. The van der Waals surface area contributed by atoms with Crippen molar-refractivity contribution in [3.05, 3.63) is 59.9 Å². The molecule has 0 radical (unpaired) electrons. The molecule has 30 heavy (non-hydrogen) atoms. The number of amides is 1.